The van der Waals surface area contributed by atoms with Crippen LogP contribution in [-0.2, 0) is 26.2 Å². The van der Waals surface area contributed by atoms with Crippen molar-refractivity contribution in [3.63, 3.8) is 0 Å². The van der Waals surface area contributed by atoms with E-state index in [4.69, 9.17) is 9.26 Å². The summed E-state index contributed by atoms with van der Waals surface area (Å²) in [4.78, 5) is 13.0. The first-order valence-corrected chi connectivity index (χ1v) is 9.67. The normalized spacial score (nSPS) is 14.4. The molecule has 0 aliphatic rings. The van der Waals surface area contributed by atoms with E-state index in [-0.39, 0.29) is 11.9 Å². The van der Waals surface area contributed by atoms with Gasteiger partial charge in [-0.3, -0.25) is 9.36 Å². The zero-order valence-electron chi connectivity index (χ0n) is 14.9. The Hall–Kier alpha value is -2.16. The van der Waals surface area contributed by atoms with Crippen LogP contribution < -0.4 is 5.30 Å². The lowest BCUT2D eigenvalue weighted by Gasteiger charge is -2.22. The Labute approximate surface area is 161 Å². The fourth-order valence-corrected chi connectivity index (χ4v) is 4.46. The largest absolute Gasteiger partial charge is 0.417 e. The van der Waals surface area contributed by atoms with Gasteiger partial charge in [0.2, 0.25) is 0 Å². The van der Waals surface area contributed by atoms with Gasteiger partial charge in [0.05, 0.1) is 29.9 Å². The lowest BCUT2D eigenvalue weighted by atomic mass is 10.0. The average Bonchev–Trinajstić information content (AvgIpc) is 2.66. The summed E-state index contributed by atoms with van der Waals surface area (Å²) < 4.78 is 104. The molecular formula is C18H15F6O4P. The second kappa shape index (κ2) is 8.69. The number of carbonyl (C=O) groups excluding carboxylic acids is 1. The van der Waals surface area contributed by atoms with E-state index in [2.05, 4.69) is 0 Å². The lowest BCUT2D eigenvalue weighted by molar-refractivity contribution is -0.143. The highest BCUT2D eigenvalue weighted by atomic mass is 31.2. The van der Waals surface area contributed by atoms with Gasteiger partial charge in [0, 0.05) is 12.4 Å². The second-order valence-electron chi connectivity index (χ2n) is 5.74. The fraction of sp³-hybridized carbons (Fsp3) is 0.278. The minimum Gasteiger partial charge on any atom is -0.382 e. The smallest absolute Gasteiger partial charge is 0.382 e. The molecule has 0 saturated heterocycles. The van der Waals surface area contributed by atoms with Crippen LogP contribution in [0, 0.1) is 0 Å². The molecule has 0 radical (unpaired) electrons. The predicted octanol–water partition coefficient (Wildman–Crippen LogP) is 5.13. The summed E-state index contributed by atoms with van der Waals surface area (Å²) in [6, 6.07) is 7.58. The zero-order chi connectivity index (χ0) is 21.9. The number of methoxy groups -OCH3 is 1. The molecule has 2 aromatic rings. The van der Waals surface area contributed by atoms with E-state index in [0.717, 1.165) is 12.1 Å². The van der Waals surface area contributed by atoms with Crippen molar-refractivity contribution in [3.8, 4) is 0 Å². The minimum atomic E-state index is -5.29. The van der Waals surface area contributed by atoms with Gasteiger partial charge in [0.1, 0.15) is 0 Å². The second-order valence-corrected chi connectivity index (χ2v) is 8.03. The van der Waals surface area contributed by atoms with Crippen LogP contribution in [0.1, 0.15) is 21.5 Å². The van der Waals surface area contributed by atoms with Crippen molar-refractivity contribution >= 4 is 18.2 Å². The molecule has 2 aromatic carbocycles. The molecule has 1 unspecified atom stereocenters. The number of hydrogen-bond donors (Lipinski definition) is 0. The zero-order valence-corrected chi connectivity index (χ0v) is 15.8. The Bertz CT molecular complexity index is 877. The van der Waals surface area contributed by atoms with Crippen molar-refractivity contribution in [1.29, 1.82) is 0 Å². The third-order valence-corrected chi connectivity index (χ3v) is 6.10. The highest BCUT2D eigenvalue weighted by Gasteiger charge is 2.48. The molecule has 0 aliphatic heterocycles. The Morgan fingerprint density at radius 3 is 1.83 bits per heavy atom. The van der Waals surface area contributed by atoms with Gasteiger partial charge in [-0.2, -0.15) is 26.3 Å². The molecule has 0 bridgehead atoms. The maximum absolute atomic E-state index is 13.4. The highest BCUT2D eigenvalue weighted by molar-refractivity contribution is 7.83. The molecule has 0 spiro atoms. The van der Waals surface area contributed by atoms with Gasteiger partial charge in [0.15, 0.2) is 0 Å². The molecule has 0 N–H and O–H groups in total. The standard InChI is InChI=1S/C18H15F6O4P/c1-27-10-11-28-29(26,12-6-3-2-4-7-12)16(25)15-13(17(19,20)21)8-5-9-14(15)18(22,23)24/h2-9H,10-11H2,1H3. The number of hydrogen-bond acceptors (Lipinski definition) is 4. The van der Waals surface area contributed by atoms with Gasteiger partial charge in [0.25, 0.3) is 5.52 Å². The van der Waals surface area contributed by atoms with Crippen LogP contribution in [0.5, 0.6) is 0 Å². The van der Waals surface area contributed by atoms with Gasteiger partial charge >= 0.3 is 19.7 Å². The third-order valence-electron chi connectivity index (χ3n) is 3.81. The first-order valence-electron chi connectivity index (χ1n) is 8.04. The van der Waals surface area contributed by atoms with Crippen molar-refractivity contribution in [2.45, 2.75) is 12.4 Å². The van der Waals surface area contributed by atoms with E-state index in [9.17, 15) is 35.7 Å². The average molecular weight is 440 g/mol. The van der Waals surface area contributed by atoms with Gasteiger partial charge in [-0.1, -0.05) is 24.3 Å². The van der Waals surface area contributed by atoms with Crippen LogP contribution in [0.25, 0.3) is 0 Å². The predicted molar refractivity (Wildman–Crippen MR) is 92.3 cm³/mol. The SMILES string of the molecule is COCCOP(=O)(C(=O)c1c(C(F)(F)F)cccc1C(F)(F)F)c1ccccc1. The van der Waals surface area contributed by atoms with Gasteiger partial charge in [-0.15, -0.1) is 0 Å². The molecule has 29 heavy (non-hydrogen) atoms. The number of alkyl halides is 6. The van der Waals surface area contributed by atoms with Crippen molar-refractivity contribution < 1.29 is 45.0 Å². The lowest BCUT2D eigenvalue weighted by Crippen LogP contribution is -2.24. The van der Waals surface area contributed by atoms with E-state index < -0.39 is 48.5 Å². The van der Waals surface area contributed by atoms with E-state index >= 15 is 0 Å². The molecule has 158 valence electrons. The maximum Gasteiger partial charge on any atom is 0.417 e. The molecule has 11 heteroatoms. The molecule has 0 heterocycles. The van der Waals surface area contributed by atoms with Crippen LogP contribution in [0.4, 0.5) is 26.3 Å². The van der Waals surface area contributed by atoms with E-state index in [1.165, 1.54) is 25.3 Å². The van der Waals surface area contributed by atoms with Gasteiger partial charge in [-0.25, -0.2) is 0 Å². The van der Waals surface area contributed by atoms with Crippen LogP contribution >= 0.6 is 7.37 Å². The van der Waals surface area contributed by atoms with E-state index in [1.807, 2.05) is 0 Å². The monoisotopic (exact) mass is 440 g/mol. The summed E-state index contributed by atoms with van der Waals surface area (Å²) in [6.07, 6.45) is -10.6. The molecular weight excluding hydrogens is 425 g/mol. The number of carbonyl (C=O) groups is 1. The highest BCUT2D eigenvalue weighted by Crippen LogP contribution is 2.52. The van der Waals surface area contributed by atoms with Crippen molar-refractivity contribution in [3.05, 3.63) is 65.2 Å². The molecule has 4 nitrogen and oxygen atoms in total. The van der Waals surface area contributed by atoms with Gasteiger partial charge in [-0.05, 0) is 24.3 Å². The number of benzene rings is 2. The van der Waals surface area contributed by atoms with Crippen molar-refractivity contribution in [1.82, 2.24) is 0 Å². The van der Waals surface area contributed by atoms with E-state index in [1.54, 1.807) is 0 Å². The Balaban J connectivity index is 2.75. The Morgan fingerprint density at radius 1 is 0.862 bits per heavy atom. The van der Waals surface area contributed by atoms with Crippen molar-refractivity contribution in [2.24, 2.45) is 0 Å². The number of halogens is 6. The molecule has 0 aromatic heterocycles. The molecule has 0 amide bonds. The summed E-state index contributed by atoms with van der Waals surface area (Å²) in [6.45, 7) is -0.666. The molecule has 0 aliphatic carbocycles. The van der Waals surface area contributed by atoms with Crippen LogP contribution in [0.3, 0.4) is 0 Å². The minimum absolute atomic E-state index is 0.183. The summed E-state index contributed by atoms with van der Waals surface area (Å²) in [7, 11) is -3.58. The molecule has 2 rings (SSSR count). The van der Waals surface area contributed by atoms with Crippen LogP contribution in [0.15, 0.2) is 48.5 Å². The number of rotatable bonds is 7. The van der Waals surface area contributed by atoms with Gasteiger partial charge < -0.3 is 9.26 Å². The maximum atomic E-state index is 13.4. The molecule has 0 saturated carbocycles. The first kappa shape index (κ1) is 23.1. The first-order chi connectivity index (χ1) is 13.4. The third kappa shape index (κ3) is 5.07. The van der Waals surface area contributed by atoms with Crippen molar-refractivity contribution in [2.75, 3.05) is 20.3 Å². The summed E-state index contributed by atoms with van der Waals surface area (Å²) in [5, 5.41) is -0.328. The Morgan fingerprint density at radius 2 is 1.38 bits per heavy atom. The molecule has 0 fully saturated rings. The number of ether oxygens (including phenoxy) is 1. The fourth-order valence-electron chi connectivity index (χ4n) is 2.53. The van der Waals surface area contributed by atoms with Crippen LogP contribution in [-0.4, -0.2) is 25.8 Å². The van der Waals surface area contributed by atoms with E-state index in [0.29, 0.717) is 18.2 Å². The van der Waals surface area contributed by atoms with Crippen LogP contribution in [0.2, 0.25) is 0 Å². The molecule has 1 atom stereocenters. The topological polar surface area (TPSA) is 52.6 Å². The summed E-state index contributed by atoms with van der Waals surface area (Å²) in [5.41, 5.74) is -7.31. The Kier molecular flexibility index (Phi) is 6.93. The quantitative estimate of drug-likeness (QED) is 0.340. The summed E-state index contributed by atoms with van der Waals surface area (Å²) >= 11 is 0. The summed E-state index contributed by atoms with van der Waals surface area (Å²) in [5.74, 6) is 0.